The molecule has 0 atom stereocenters. The van der Waals surface area contributed by atoms with Crippen molar-refractivity contribution in [2.24, 2.45) is 5.73 Å². The van der Waals surface area contributed by atoms with E-state index < -0.39 is 0 Å². The maximum Gasteiger partial charge on any atom is 0.275 e. The van der Waals surface area contributed by atoms with E-state index in [4.69, 9.17) is 5.73 Å². The highest BCUT2D eigenvalue weighted by molar-refractivity contribution is 7.13. The SMILES string of the molecule is Cl.NCCc1ccc2nc(-c3cccs3)c(=O)[nH]c2c1. The van der Waals surface area contributed by atoms with Crippen LogP contribution in [0, 0.1) is 0 Å². The summed E-state index contributed by atoms with van der Waals surface area (Å²) in [6.45, 7) is 0.594. The number of rotatable bonds is 3. The zero-order valence-electron chi connectivity index (χ0n) is 10.6. The normalized spacial score (nSPS) is 10.4. The number of fused-ring (bicyclic) bond motifs is 1. The molecule has 0 bridgehead atoms. The van der Waals surface area contributed by atoms with Gasteiger partial charge >= 0.3 is 0 Å². The van der Waals surface area contributed by atoms with Gasteiger partial charge in [0.2, 0.25) is 0 Å². The molecule has 0 unspecified atom stereocenters. The predicted octanol–water partition coefficient (Wildman–Crippen LogP) is 2.57. The quantitative estimate of drug-likeness (QED) is 0.781. The van der Waals surface area contributed by atoms with Crippen molar-refractivity contribution in [3.63, 3.8) is 0 Å². The molecule has 0 amide bonds. The first-order valence-electron chi connectivity index (χ1n) is 6.05. The third-order valence-corrected chi connectivity index (χ3v) is 3.82. The molecule has 0 spiro atoms. The molecule has 0 saturated carbocycles. The molecule has 0 fully saturated rings. The fraction of sp³-hybridized carbons (Fsp3) is 0.143. The molecule has 0 saturated heterocycles. The van der Waals surface area contributed by atoms with Gasteiger partial charge in [0.05, 0.1) is 15.9 Å². The van der Waals surface area contributed by atoms with Crippen LogP contribution in [0.15, 0.2) is 40.5 Å². The first kappa shape index (κ1) is 14.7. The van der Waals surface area contributed by atoms with E-state index in [-0.39, 0.29) is 18.0 Å². The molecule has 2 aromatic heterocycles. The number of hydrogen-bond donors (Lipinski definition) is 2. The van der Waals surface area contributed by atoms with Crippen LogP contribution in [-0.4, -0.2) is 16.5 Å². The van der Waals surface area contributed by atoms with Crippen molar-refractivity contribution in [2.45, 2.75) is 6.42 Å². The maximum absolute atomic E-state index is 12.1. The summed E-state index contributed by atoms with van der Waals surface area (Å²) in [5.41, 5.74) is 8.53. The van der Waals surface area contributed by atoms with Crippen LogP contribution in [0.1, 0.15) is 5.56 Å². The number of nitrogens with two attached hydrogens (primary N) is 1. The van der Waals surface area contributed by atoms with Crippen molar-refractivity contribution < 1.29 is 0 Å². The number of benzene rings is 1. The van der Waals surface area contributed by atoms with Crippen molar-refractivity contribution >= 4 is 34.8 Å². The van der Waals surface area contributed by atoms with Gasteiger partial charge in [0.1, 0.15) is 5.69 Å². The third kappa shape index (κ3) is 2.75. The Morgan fingerprint density at radius 2 is 2.15 bits per heavy atom. The van der Waals surface area contributed by atoms with Gasteiger partial charge < -0.3 is 10.7 Å². The van der Waals surface area contributed by atoms with Crippen LogP contribution in [0.4, 0.5) is 0 Å². The molecule has 0 aliphatic carbocycles. The Balaban J connectivity index is 0.00000147. The van der Waals surface area contributed by atoms with Gasteiger partial charge in [0.15, 0.2) is 0 Å². The predicted molar refractivity (Wildman–Crippen MR) is 85.7 cm³/mol. The molecule has 0 aliphatic rings. The van der Waals surface area contributed by atoms with Crippen LogP contribution in [-0.2, 0) is 6.42 Å². The van der Waals surface area contributed by atoms with Crippen molar-refractivity contribution in [1.82, 2.24) is 9.97 Å². The van der Waals surface area contributed by atoms with Gasteiger partial charge in [0, 0.05) is 0 Å². The second-order valence-electron chi connectivity index (χ2n) is 4.28. The highest BCUT2D eigenvalue weighted by Crippen LogP contribution is 2.21. The van der Waals surface area contributed by atoms with Crippen LogP contribution in [0.5, 0.6) is 0 Å². The van der Waals surface area contributed by atoms with Gasteiger partial charge in [-0.25, -0.2) is 4.98 Å². The minimum Gasteiger partial charge on any atom is -0.330 e. The molecule has 3 N–H and O–H groups in total. The summed E-state index contributed by atoms with van der Waals surface area (Å²) >= 11 is 1.51. The number of H-pyrrole nitrogens is 1. The molecule has 1 aromatic carbocycles. The Bertz CT molecular complexity index is 768. The number of thiophene rings is 1. The highest BCUT2D eigenvalue weighted by Gasteiger charge is 2.08. The first-order chi connectivity index (χ1) is 9.28. The molecule has 6 heteroatoms. The largest absolute Gasteiger partial charge is 0.330 e. The smallest absolute Gasteiger partial charge is 0.275 e. The number of nitrogens with one attached hydrogen (secondary N) is 1. The van der Waals surface area contributed by atoms with Crippen LogP contribution >= 0.6 is 23.7 Å². The summed E-state index contributed by atoms with van der Waals surface area (Å²) in [4.78, 5) is 20.3. The summed E-state index contributed by atoms with van der Waals surface area (Å²) < 4.78 is 0. The first-order valence-corrected chi connectivity index (χ1v) is 6.93. The minimum absolute atomic E-state index is 0. The van der Waals surface area contributed by atoms with Crippen molar-refractivity contribution in [2.75, 3.05) is 6.54 Å². The Morgan fingerprint density at radius 1 is 1.30 bits per heavy atom. The summed E-state index contributed by atoms with van der Waals surface area (Å²) in [7, 11) is 0. The Hall–Kier alpha value is -1.69. The molecule has 3 rings (SSSR count). The van der Waals surface area contributed by atoms with Gasteiger partial charge in [-0.2, -0.15) is 0 Å². The molecule has 3 aromatic rings. The third-order valence-electron chi connectivity index (χ3n) is 2.94. The average molecular weight is 308 g/mol. The second kappa shape index (κ2) is 6.17. The minimum atomic E-state index is -0.153. The monoisotopic (exact) mass is 307 g/mol. The zero-order valence-corrected chi connectivity index (χ0v) is 12.3. The van der Waals surface area contributed by atoms with E-state index in [0.717, 1.165) is 27.9 Å². The topological polar surface area (TPSA) is 71.8 Å². The molecule has 104 valence electrons. The molecule has 20 heavy (non-hydrogen) atoms. The van der Waals surface area contributed by atoms with Crippen LogP contribution in [0.3, 0.4) is 0 Å². The van der Waals surface area contributed by atoms with Gasteiger partial charge in [-0.05, 0) is 42.1 Å². The number of aromatic amines is 1. The van der Waals surface area contributed by atoms with Crippen molar-refractivity contribution in [1.29, 1.82) is 0 Å². The van der Waals surface area contributed by atoms with Gasteiger partial charge in [0.25, 0.3) is 5.56 Å². The molecule has 0 aliphatic heterocycles. The van der Waals surface area contributed by atoms with E-state index in [9.17, 15) is 4.79 Å². The summed E-state index contributed by atoms with van der Waals surface area (Å²) in [5.74, 6) is 0. The molecular weight excluding hydrogens is 294 g/mol. The van der Waals surface area contributed by atoms with E-state index in [1.807, 2.05) is 35.7 Å². The van der Waals surface area contributed by atoms with E-state index in [2.05, 4.69) is 9.97 Å². The Morgan fingerprint density at radius 3 is 2.85 bits per heavy atom. The standard InChI is InChI=1S/C14H13N3OS.ClH/c15-6-5-9-3-4-10-11(8-9)17-14(18)13(16-10)12-2-1-7-19-12;/h1-4,7-8H,5-6,15H2,(H,17,18);1H. The van der Waals surface area contributed by atoms with E-state index in [1.165, 1.54) is 11.3 Å². The average Bonchev–Trinajstić information content (AvgIpc) is 2.92. The van der Waals surface area contributed by atoms with Crippen LogP contribution < -0.4 is 11.3 Å². The molecular formula is C14H14ClN3OS. The fourth-order valence-electron chi connectivity index (χ4n) is 2.04. The molecule has 4 nitrogen and oxygen atoms in total. The summed E-state index contributed by atoms with van der Waals surface area (Å²) in [6.07, 6.45) is 0.796. The maximum atomic E-state index is 12.1. The summed E-state index contributed by atoms with van der Waals surface area (Å²) in [6, 6.07) is 9.67. The fourth-order valence-corrected chi connectivity index (χ4v) is 2.75. The van der Waals surface area contributed by atoms with Crippen LogP contribution in [0.25, 0.3) is 21.6 Å². The number of hydrogen-bond acceptors (Lipinski definition) is 4. The van der Waals surface area contributed by atoms with Gasteiger partial charge in [-0.1, -0.05) is 12.1 Å². The Labute approximate surface area is 126 Å². The van der Waals surface area contributed by atoms with Gasteiger partial charge in [-0.15, -0.1) is 23.7 Å². The lowest BCUT2D eigenvalue weighted by Gasteiger charge is -2.03. The number of halogens is 1. The summed E-state index contributed by atoms with van der Waals surface area (Å²) in [5, 5.41) is 1.94. The lowest BCUT2D eigenvalue weighted by atomic mass is 10.1. The number of nitrogens with zero attached hydrogens (tertiary/aromatic N) is 1. The van der Waals surface area contributed by atoms with Gasteiger partial charge in [-0.3, -0.25) is 4.79 Å². The Kier molecular flexibility index (Phi) is 4.54. The lowest BCUT2D eigenvalue weighted by Crippen LogP contribution is -2.11. The van der Waals surface area contributed by atoms with Crippen molar-refractivity contribution in [3.05, 3.63) is 51.6 Å². The molecule has 2 heterocycles. The lowest BCUT2D eigenvalue weighted by molar-refractivity contribution is 0.969. The molecule has 0 radical (unpaired) electrons. The van der Waals surface area contributed by atoms with Crippen LogP contribution in [0.2, 0.25) is 0 Å². The zero-order chi connectivity index (χ0) is 13.2. The number of aromatic nitrogens is 2. The van der Waals surface area contributed by atoms with Crippen molar-refractivity contribution in [3.8, 4) is 10.6 Å². The second-order valence-corrected chi connectivity index (χ2v) is 5.23. The van der Waals surface area contributed by atoms with E-state index in [1.54, 1.807) is 0 Å². The highest BCUT2D eigenvalue weighted by atomic mass is 35.5. The van der Waals surface area contributed by atoms with E-state index in [0.29, 0.717) is 12.2 Å². The van der Waals surface area contributed by atoms with E-state index >= 15 is 0 Å².